The molecule has 1 fully saturated rings. The highest BCUT2D eigenvalue weighted by molar-refractivity contribution is 5.61. The summed E-state index contributed by atoms with van der Waals surface area (Å²) in [7, 11) is 0. The highest BCUT2D eigenvalue weighted by Crippen LogP contribution is 2.37. The number of nitrogens with one attached hydrogen (secondary N) is 2. The molecule has 1 aliphatic rings. The minimum Gasteiger partial charge on any atom is -0.361 e. The molecule has 0 bridgehead atoms. The van der Waals surface area contributed by atoms with Gasteiger partial charge in [-0.15, -0.1) is 0 Å². The fraction of sp³-hybridized carbons (Fsp3) is 0.692. The number of hydrazine groups is 1. The second-order valence-corrected chi connectivity index (χ2v) is 6.31. The predicted octanol–water partition coefficient (Wildman–Crippen LogP) is 2.36. The van der Waals surface area contributed by atoms with Crippen molar-refractivity contribution < 1.29 is 4.92 Å². The summed E-state index contributed by atoms with van der Waals surface area (Å²) < 4.78 is 0. The van der Waals surface area contributed by atoms with Gasteiger partial charge in [-0.2, -0.15) is 4.98 Å². The molecule has 0 spiro atoms. The van der Waals surface area contributed by atoms with E-state index in [9.17, 15) is 10.1 Å². The highest BCUT2D eigenvalue weighted by atomic mass is 16.6. The first-order chi connectivity index (χ1) is 9.82. The predicted molar refractivity (Wildman–Crippen MR) is 80.9 cm³/mol. The number of nitro groups is 1. The van der Waals surface area contributed by atoms with Crippen LogP contribution in [0.15, 0.2) is 0 Å². The van der Waals surface area contributed by atoms with Gasteiger partial charge in [0.1, 0.15) is 5.69 Å². The summed E-state index contributed by atoms with van der Waals surface area (Å²) in [4.78, 5) is 18.8. The summed E-state index contributed by atoms with van der Waals surface area (Å²) in [5, 5.41) is 14.4. The lowest BCUT2D eigenvalue weighted by Crippen LogP contribution is -2.30. The molecular formula is C13H22N6O2. The van der Waals surface area contributed by atoms with Crippen LogP contribution in [0.1, 0.15) is 45.2 Å². The van der Waals surface area contributed by atoms with E-state index in [4.69, 9.17) is 5.84 Å². The van der Waals surface area contributed by atoms with Crippen LogP contribution in [0.5, 0.6) is 0 Å². The summed E-state index contributed by atoms with van der Waals surface area (Å²) in [5.41, 5.74) is 2.89. The van der Waals surface area contributed by atoms with E-state index >= 15 is 0 Å². The Bertz CT molecular complexity index is 536. The third-order valence-electron chi connectivity index (χ3n) is 4.05. The number of nitrogen functional groups attached to an aromatic ring is 1. The maximum atomic E-state index is 11.2. The molecule has 116 valence electrons. The first kappa shape index (κ1) is 15.4. The summed E-state index contributed by atoms with van der Waals surface area (Å²) in [6.45, 7) is 6.07. The number of rotatable bonds is 4. The van der Waals surface area contributed by atoms with Gasteiger partial charge in [-0.3, -0.25) is 15.5 Å². The van der Waals surface area contributed by atoms with E-state index in [-0.39, 0.29) is 23.5 Å². The van der Waals surface area contributed by atoms with Crippen molar-refractivity contribution in [3.05, 3.63) is 15.8 Å². The van der Waals surface area contributed by atoms with Crippen LogP contribution >= 0.6 is 0 Å². The Morgan fingerprint density at radius 3 is 2.48 bits per heavy atom. The molecule has 0 unspecified atom stereocenters. The molecule has 1 aromatic rings. The van der Waals surface area contributed by atoms with Crippen LogP contribution < -0.4 is 16.6 Å². The molecule has 0 atom stereocenters. The molecule has 0 aliphatic heterocycles. The molecule has 21 heavy (non-hydrogen) atoms. The van der Waals surface area contributed by atoms with E-state index in [1.165, 1.54) is 0 Å². The van der Waals surface area contributed by atoms with Gasteiger partial charge in [0.2, 0.25) is 11.8 Å². The van der Waals surface area contributed by atoms with Gasteiger partial charge in [0.25, 0.3) is 0 Å². The van der Waals surface area contributed by atoms with Crippen molar-refractivity contribution in [2.75, 3.05) is 10.7 Å². The molecule has 1 aromatic heterocycles. The molecule has 0 amide bonds. The molecule has 0 radical (unpaired) electrons. The lowest BCUT2D eigenvalue weighted by molar-refractivity contribution is -0.385. The van der Waals surface area contributed by atoms with E-state index in [1.54, 1.807) is 6.92 Å². The van der Waals surface area contributed by atoms with Gasteiger partial charge >= 0.3 is 5.69 Å². The zero-order valence-electron chi connectivity index (χ0n) is 12.6. The normalized spacial score (nSPS) is 18.3. The number of nitrogens with two attached hydrogens (primary N) is 1. The number of nitrogens with zero attached hydrogens (tertiary/aromatic N) is 3. The Kier molecular flexibility index (Phi) is 4.26. The number of anilines is 2. The molecule has 4 N–H and O–H groups in total. The van der Waals surface area contributed by atoms with Gasteiger partial charge < -0.3 is 5.32 Å². The first-order valence-corrected chi connectivity index (χ1v) is 7.08. The third kappa shape index (κ3) is 3.57. The fourth-order valence-corrected chi connectivity index (χ4v) is 2.69. The number of aryl methyl sites for hydroxylation is 1. The molecule has 8 nitrogen and oxygen atoms in total. The Hall–Kier alpha value is -1.96. The van der Waals surface area contributed by atoms with E-state index in [2.05, 4.69) is 34.6 Å². The van der Waals surface area contributed by atoms with Crippen LogP contribution in [-0.4, -0.2) is 20.9 Å². The minimum atomic E-state index is -0.454. The van der Waals surface area contributed by atoms with Gasteiger partial charge in [-0.1, -0.05) is 13.8 Å². The van der Waals surface area contributed by atoms with Gasteiger partial charge in [0.15, 0.2) is 0 Å². The molecule has 1 heterocycles. The SMILES string of the molecule is Cc1nc(NN)nc(NC2CCC(C)(C)CC2)c1[N+](=O)[O-]. The Labute approximate surface area is 123 Å². The fourth-order valence-electron chi connectivity index (χ4n) is 2.69. The van der Waals surface area contributed by atoms with Crippen LogP contribution in [0.3, 0.4) is 0 Å². The number of hydrogen-bond acceptors (Lipinski definition) is 7. The summed E-state index contributed by atoms with van der Waals surface area (Å²) >= 11 is 0. The summed E-state index contributed by atoms with van der Waals surface area (Å²) in [5.74, 6) is 5.73. The molecule has 2 rings (SSSR count). The lowest BCUT2D eigenvalue weighted by atomic mass is 9.75. The highest BCUT2D eigenvalue weighted by Gasteiger charge is 2.29. The molecule has 8 heteroatoms. The van der Waals surface area contributed by atoms with Gasteiger partial charge in [-0.05, 0) is 38.0 Å². The molecule has 0 saturated heterocycles. The Balaban J connectivity index is 2.22. The monoisotopic (exact) mass is 294 g/mol. The number of aromatic nitrogens is 2. The Morgan fingerprint density at radius 1 is 1.33 bits per heavy atom. The van der Waals surface area contributed by atoms with Crippen molar-refractivity contribution in [3.63, 3.8) is 0 Å². The van der Waals surface area contributed by atoms with Gasteiger partial charge in [-0.25, -0.2) is 10.8 Å². The minimum absolute atomic E-state index is 0.0844. The van der Waals surface area contributed by atoms with Crippen LogP contribution in [0.2, 0.25) is 0 Å². The van der Waals surface area contributed by atoms with Crippen molar-refractivity contribution in [3.8, 4) is 0 Å². The number of hydrogen-bond donors (Lipinski definition) is 3. The maximum absolute atomic E-state index is 11.2. The van der Waals surface area contributed by atoms with Crippen LogP contribution in [0.4, 0.5) is 17.5 Å². The zero-order valence-corrected chi connectivity index (χ0v) is 12.6. The van der Waals surface area contributed by atoms with Gasteiger partial charge in [0.05, 0.1) is 4.92 Å². The Morgan fingerprint density at radius 2 is 1.95 bits per heavy atom. The van der Waals surface area contributed by atoms with Gasteiger partial charge in [0, 0.05) is 6.04 Å². The van der Waals surface area contributed by atoms with Crippen LogP contribution in [0, 0.1) is 22.5 Å². The van der Waals surface area contributed by atoms with E-state index < -0.39 is 4.92 Å². The van der Waals surface area contributed by atoms with Crippen LogP contribution in [-0.2, 0) is 0 Å². The van der Waals surface area contributed by atoms with E-state index in [0.29, 0.717) is 11.1 Å². The summed E-state index contributed by atoms with van der Waals surface area (Å²) in [6.07, 6.45) is 4.12. The van der Waals surface area contributed by atoms with E-state index in [1.807, 2.05) is 0 Å². The van der Waals surface area contributed by atoms with E-state index in [0.717, 1.165) is 25.7 Å². The lowest BCUT2D eigenvalue weighted by Gasteiger charge is -2.34. The van der Waals surface area contributed by atoms with Crippen molar-refractivity contribution in [2.24, 2.45) is 11.3 Å². The van der Waals surface area contributed by atoms with Crippen molar-refractivity contribution in [2.45, 2.75) is 52.5 Å². The third-order valence-corrected chi connectivity index (χ3v) is 4.05. The second kappa shape index (κ2) is 5.80. The first-order valence-electron chi connectivity index (χ1n) is 7.08. The van der Waals surface area contributed by atoms with Crippen molar-refractivity contribution in [1.29, 1.82) is 0 Å². The average molecular weight is 294 g/mol. The largest absolute Gasteiger partial charge is 0.361 e. The molecule has 1 saturated carbocycles. The average Bonchev–Trinajstić information content (AvgIpc) is 2.40. The maximum Gasteiger partial charge on any atom is 0.332 e. The van der Waals surface area contributed by atoms with Crippen molar-refractivity contribution in [1.82, 2.24) is 9.97 Å². The smallest absolute Gasteiger partial charge is 0.332 e. The second-order valence-electron chi connectivity index (χ2n) is 6.31. The summed E-state index contributed by atoms with van der Waals surface area (Å²) in [6, 6.07) is 0.191. The molecule has 0 aromatic carbocycles. The standard InChI is InChI=1S/C13H22N6O2/c1-8-10(19(20)21)11(17-12(15-8)18-14)16-9-4-6-13(2,3)7-5-9/h9H,4-7,14H2,1-3H3,(H2,15,16,17,18). The molecule has 1 aliphatic carbocycles. The zero-order chi connectivity index (χ0) is 15.6. The van der Waals surface area contributed by atoms with Crippen molar-refractivity contribution >= 4 is 17.5 Å². The van der Waals surface area contributed by atoms with Crippen LogP contribution in [0.25, 0.3) is 0 Å². The molecular weight excluding hydrogens is 272 g/mol. The topological polar surface area (TPSA) is 119 Å². The quantitative estimate of drug-likeness (QED) is 0.443.